The van der Waals surface area contributed by atoms with E-state index in [9.17, 15) is 10.1 Å². The molecule has 0 aliphatic heterocycles. The van der Waals surface area contributed by atoms with Gasteiger partial charge in [0.05, 0.1) is 16.5 Å². The molecule has 2 rings (SSSR count). The van der Waals surface area contributed by atoms with Crippen molar-refractivity contribution in [2.24, 2.45) is 5.73 Å². The van der Waals surface area contributed by atoms with Crippen molar-refractivity contribution < 1.29 is 4.92 Å². The number of imidazole rings is 1. The lowest BCUT2D eigenvalue weighted by atomic mass is 10.2. The zero-order chi connectivity index (χ0) is 13.8. The van der Waals surface area contributed by atoms with Gasteiger partial charge in [-0.2, -0.15) is 0 Å². The molecule has 0 unspecified atom stereocenters. The second kappa shape index (κ2) is 5.81. The van der Waals surface area contributed by atoms with Crippen molar-refractivity contribution in [1.82, 2.24) is 9.55 Å². The molecule has 19 heavy (non-hydrogen) atoms. The maximum Gasteiger partial charge on any atom is 0.270 e. The van der Waals surface area contributed by atoms with Gasteiger partial charge in [0.1, 0.15) is 5.82 Å². The van der Waals surface area contributed by atoms with Crippen molar-refractivity contribution in [3.05, 3.63) is 57.1 Å². The number of nitrogens with zero attached hydrogens (tertiary/aromatic N) is 3. The van der Waals surface area contributed by atoms with Crippen LogP contribution >= 0.6 is 11.6 Å². The molecule has 2 N–H and O–H groups in total. The highest BCUT2D eigenvalue weighted by atomic mass is 35.5. The van der Waals surface area contributed by atoms with Crippen LogP contribution in [0.5, 0.6) is 0 Å². The Morgan fingerprint density at radius 3 is 2.89 bits per heavy atom. The molecule has 0 amide bonds. The third-order valence-electron chi connectivity index (χ3n) is 2.76. The number of halogens is 1. The van der Waals surface area contributed by atoms with Crippen molar-refractivity contribution in [3.63, 3.8) is 0 Å². The quantitative estimate of drug-likeness (QED) is 0.670. The second-order valence-electron chi connectivity index (χ2n) is 4.04. The summed E-state index contributed by atoms with van der Waals surface area (Å²) in [5.41, 5.74) is 6.31. The lowest BCUT2D eigenvalue weighted by molar-refractivity contribution is -0.384. The molecule has 0 saturated heterocycles. The minimum Gasteiger partial charge on any atom is -0.330 e. The summed E-state index contributed by atoms with van der Waals surface area (Å²) < 4.78 is 1.93. The molecule has 0 spiro atoms. The minimum atomic E-state index is -0.466. The van der Waals surface area contributed by atoms with Gasteiger partial charge in [0.2, 0.25) is 0 Å². The van der Waals surface area contributed by atoms with E-state index in [1.165, 1.54) is 12.1 Å². The van der Waals surface area contributed by atoms with E-state index in [0.29, 0.717) is 24.5 Å². The second-order valence-corrected chi connectivity index (χ2v) is 4.45. The molecule has 0 atom stereocenters. The first-order valence-corrected chi connectivity index (χ1v) is 6.12. The van der Waals surface area contributed by atoms with E-state index in [1.54, 1.807) is 12.3 Å². The van der Waals surface area contributed by atoms with Crippen LogP contribution in [-0.4, -0.2) is 21.0 Å². The van der Waals surface area contributed by atoms with Gasteiger partial charge >= 0.3 is 0 Å². The van der Waals surface area contributed by atoms with E-state index in [1.807, 2.05) is 10.8 Å². The average Bonchev–Trinajstić information content (AvgIpc) is 2.79. The Hall–Kier alpha value is -1.92. The van der Waals surface area contributed by atoms with Crippen LogP contribution in [-0.2, 0) is 13.0 Å². The number of rotatable bonds is 5. The molecule has 0 radical (unpaired) electrons. The molecule has 0 aliphatic rings. The maximum absolute atomic E-state index is 10.6. The molecule has 0 fully saturated rings. The summed E-state index contributed by atoms with van der Waals surface area (Å²) in [6, 6.07) is 4.46. The molecule has 0 bridgehead atoms. The van der Waals surface area contributed by atoms with Crippen molar-refractivity contribution in [2.45, 2.75) is 13.0 Å². The Morgan fingerprint density at radius 1 is 1.47 bits per heavy atom. The van der Waals surface area contributed by atoms with Gasteiger partial charge in [0, 0.05) is 30.9 Å². The largest absolute Gasteiger partial charge is 0.330 e. The first kappa shape index (κ1) is 13.5. The number of benzene rings is 1. The summed E-state index contributed by atoms with van der Waals surface area (Å²) in [7, 11) is 0. The van der Waals surface area contributed by atoms with Crippen LogP contribution in [0.1, 0.15) is 11.4 Å². The molecule has 0 aliphatic carbocycles. The van der Waals surface area contributed by atoms with Gasteiger partial charge in [-0.25, -0.2) is 4.98 Å². The van der Waals surface area contributed by atoms with Gasteiger partial charge < -0.3 is 10.3 Å². The summed E-state index contributed by atoms with van der Waals surface area (Å²) in [5, 5.41) is 11.0. The standard InChI is InChI=1S/C12H13ClN4O2/c13-11-7-10(17(18)19)2-1-9(11)8-16-6-5-15-12(16)3-4-14/h1-2,5-7H,3-4,8,14H2. The fourth-order valence-electron chi connectivity index (χ4n) is 1.80. The number of hydrogen-bond acceptors (Lipinski definition) is 4. The Labute approximate surface area is 115 Å². The summed E-state index contributed by atoms with van der Waals surface area (Å²) >= 11 is 6.06. The van der Waals surface area contributed by atoms with Gasteiger partial charge in [0.15, 0.2) is 0 Å². The fraction of sp³-hybridized carbons (Fsp3) is 0.250. The van der Waals surface area contributed by atoms with E-state index in [2.05, 4.69) is 4.98 Å². The topological polar surface area (TPSA) is 87.0 Å². The van der Waals surface area contributed by atoms with Crippen LogP contribution in [0.3, 0.4) is 0 Å². The van der Waals surface area contributed by atoms with E-state index < -0.39 is 4.92 Å². The van der Waals surface area contributed by atoms with E-state index >= 15 is 0 Å². The highest BCUT2D eigenvalue weighted by Gasteiger charge is 2.11. The normalized spacial score (nSPS) is 10.6. The molecule has 100 valence electrons. The third-order valence-corrected chi connectivity index (χ3v) is 3.11. The van der Waals surface area contributed by atoms with Gasteiger partial charge in [-0.15, -0.1) is 0 Å². The van der Waals surface area contributed by atoms with Crippen molar-refractivity contribution in [2.75, 3.05) is 6.54 Å². The molecule has 6 nitrogen and oxygen atoms in total. The smallest absolute Gasteiger partial charge is 0.270 e. The highest BCUT2D eigenvalue weighted by molar-refractivity contribution is 6.31. The number of non-ortho nitro benzene ring substituents is 1. The van der Waals surface area contributed by atoms with Gasteiger partial charge in [0.25, 0.3) is 5.69 Å². The van der Waals surface area contributed by atoms with Gasteiger partial charge in [-0.05, 0) is 18.2 Å². The summed E-state index contributed by atoms with van der Waals surface area (Å²) in [6.07, 6.45) is 4.21. The first-order chi connectivity index (χ1) is 9.11. The van der Waals surface area contributed by atoms with Crippen LogP contribution < -0.4 is 5.73 Å². The van der Waals surface area contributed by atoms with E-state index in [-0.39, 0.29) is 5.69 Å². The molecule has 1 aromatic heterocycles. The van der Waals surface area contributed by atoms with Crippen molar-refractivity contribution >= 4 is 17.3 Å². The third kappa shape index (κ3) is 3.10. The van der Waals surface area contributed by atoms with Crippen LogP contribution in [0.25, 0.3) is 0 Å². The van der Waals surface area contributed by atoms with Crippen LogP contribution in [0.2, 0.25) is 5.02 Å². The number of nitro benzene ring substituents is 1. The summed E-state index contributed by atoms with van der Waals surface area (Å²) in [6.45, 7) is 1.04. The van der Waals surface area contributed by atoms with Crippen LogP contribution in [0.15, 0.2) is 30.6 Å². The first-order valence-electron chi connectivity index (χ1n) is 5.74. The van der Waals surface area contributed by atoms with Gasteiger partial charge in [-0.1, -0.05) is 11.6 Å². The fourth-order valence-corrected chi connectivity index (χ4v) is 2.04. The number of hydrogen-bond donors (Lipinski definition) is 1. The molecule has 2 aromatic rings. The molecule has 0 saturated carbocycles. The Balaban J connectivity index is 2.23. The monoisotopic (exact) mass is 280 g/mol. The summed E-state index contributed by atoms with van der Waals surface area (Å²) in [5.74, 6) is 0.872. The Morgan fingerprint density at radius 2 is 2.26 bits per heavy atom. The highest BCUT2D eigenvalue weighted by Crippen LogP contribution is 2.23. The number of aromatic nitrogens is 2. The maximum atomic E-state index is 10.6. The Kier molecular flexibility index (Phi) is 4.13. The van der Waals surface area contributed by atoms with Crippen molar-refractivity contribution in [1.29, 1.82) is 0 Å². The summed E-state index contributed by atoms with van der Waals surface area (Å²) in [4.78, 5) is 14.4. The van der Waals surface area contributed by atoms with Gasteiger partial charge in [-0.3, -0.25) is 10.1 Å². The predicted molar refractivity (Wildman–Crippen MR) is 72.2 cm³/mol. The average molecular weight is 281 g/mol. The molecule has 1 heterocycles. The molecular weight excluding hydrogens is 268 g/mol. The van der Waals surface area contributed by atoms with Crippen LogP contribution in [0.4, 0.5) is 5.69 Å². The lowest BCUT2D eigenvalue weighted by Crippen LogP contribution is -2.10. The SMILES string of the molecule is NCCc1nccn1Cc1ccc([N+](=O)[O-])cc1Cl. The molecule has 7 heteroatoms. The molecule has 1 aromatic carbocycles. The minimum absolute atomic E-state index is 0.0124. The number of nitrogens with two attached hydrogens (primary N) is 1. The zero-order valence-electron chi connectivity index (χ0n) is 10.1. The van der Waals surface area contributed by atoms with Crippen molar-refractivity contribution in [3.8, 4) is 0 Å². The zero-order valence-corrected chi connectivity index (χ0v) is 10.9. The Bertz CT molecular complexity index is 597. The van der Waals surface area contributed by atoms with E-state index in [0.717, 1.165) is 11.4 Å². The van der Waals surface area contributed by atoms with E-state index in [4.69, 9.17) is 17.3 Å². The molecular formula is C12H13ClN4O2. The predicted octanol–water partition coefficient (Wildman–Crippen LogP) is 1.99. The van der Waals surface area contributed by atoms with Crippen LogP contribution in [0, 0.1) is 10.1 Å². The lowest BCUT2D eigenvalue weighted by Gasteiger charge is -2.08. The number of nitro groups is 1.